The Morgan fingerprint density at radius 2 is 1.96 bits per heavy atom. The molecule has 0 saturated carbocycles. The Labute approximate surface area is 167 Å². The second-order valence-corrected chi connectivity index (χ2v) is 7.35. The molecule has 1 aromatic heterocycles. The number of benzene rings is 2. The molecule has 5 nitrogen and oxygen atoms in total. The number of aromatic nitrogens is 2. The van der Waals surface area contributed by atoms with Crippen LogP contribution in [0.5, 0.6) is 5.88 Å². The van der Waals surface area contributed by atoms with E-state index in [2.05, 4.69) is 22.1 Å². The van der Waals surface area contributed by atoms with Gasteiger partial charge in [0.2, 0.25) is 11.2 Å². The van der Waals surface area contributed by atoms with E-state index in [4.69, 9.17) is 21.6 Å². The highest BCUT2D eigenvalue weighted by Crippen LogP contribution is 2.34. The van der Waals surface area contributed by atoms with Crippen LogP contribution >= 0.6 is 23.4 Å². The molecule has 0 unspecified atom stereocenters. The number of rotatable bonds is 6. The van der Waals surface area contributed by atoms with E-state index in [1.54, 1.807) is 18.3 Å². The maximum Gasteiger partial charge on any atom is 0.232 e. The summed E-state index contributed by atoms with van der Waals surface area (Å²) in [5, 5.41) is 9.05. The summed E-state index contributed by atoms with van der Waals surface area (Å²) >= 11 is 7.41. The van der Waals surface area contributed by atoms with E-state index in [-0.39, 0.29) is 5.28 Å². The van der Waals surface area contributed by atoms with E-state index < -0.39 is 0 Å². The number of nitrogens with zero attached hydrogens (tertiary/aromatic N) is 4. The first-order valence-electron chi connectivity index (χ1n) is 8.15. The van der Waals surface area contributed by atoms with Crippen molar-refractivity contribution < 1.29 is 4.74 Å². The molecule has 0 fully saturated rings. The van der Waals surface area contributed by atoms with Crippen LogP contribution in [0.2, 0.25) is 5.28 Å². The third kappa shape index (κ3) is 5.13. The minimum Gasteiger partial charge on any atom is -0.472 e. The summed E-state index contributed by atoms with van der Waals surface area (Å²) in [6.07, 6.45) is 1.64. The molecule has 0 radical (unpaired) electrons. The van der Waals surface area contributed by atoms with Crippen molar-refractivity contribution in [3.05, 3.63) is 71.1 Å². The maximum absolute atomic E-state index is 8.91. The maximum atomic E-state index is 8.91. The minimum atomic E-state index is 0.135. The minimum absolute atomic E-state index is 0.135. The normalized spacial score (nSPS) is 10.3. The third-order valence-electron chi connectivity index (χ3n) is 3.71. The molecule has 0 aliphatic rings. The van der Waals surface area contributed by atoms with Crippen LogP contribution in [0, 0.1) is 11.3 Å². The van der Waals surface area contributed by atoms with Gasteiger partial charge in [0, 0.05) is 30.9 Å². The van der Waals surface area contributed by atoms with Gasteiger partial charge < -0.3 is 9.64 Å². The summed E-state index contributed by atoms with van der Waals surface area (Å²) in [6, 6.07) is 17.5. The summed E-state index contributed by atoms with van der Waals surface area (Å²) in [6.45, 7) is 0.371. The average Bonchev–Trinajstić information content (AvgIpc) is 2.69. The second-order valence-electron chi connectivity index (χ2n) is 5.90. The summed E-state index contributed by atoms with van der Waals surface area (Å²) in [7, 11) is 3.99. The lowest BCUT2D eigenvalue weighted by Crippen LogP contribution is -2.09. The van der Waals surface area contributed by atoms with Crippen LogP contribution in [0.3, 0.4) is 0 Å². The Morgan fingerprint density at radius 3 is 2.67 bits per heavy atom. The number of halogens is 1. The quantitative estimate of drug-likeness (QED) is 0.558. The molecular formula is C20H17ClN4OS. The molecule has 0 aliphatic carbocycles. The van der Waals surface area contributed by atoms with Crippen molar-refractivity contribution in [2.75, 3.05) is 19.0 Å². The average molecular weight is 397 g/mol. The Hall–Kier alpha value is -2.75. The molecule has 7 heteroatoms. The van der Waals surface area contributed by atoms with E-state index in [9.17, 15) is 0 Å². The SMILES string of the molecule is CN(C)c1cccc(COc2nc(Cl)ncc2Sc2ccc(C#N)cc2)c1. The Balaban J connectivity index is 1.77. The van der Waals surface area contributed by atoms with Crippen LogP contribution in [0.4, 0.5) is 5.69 Å². The molecule has 0 bridgehead atoms. The van der Waals surface area contributed by atoms with Gasteiger partial charge in [-0.05, 0) is 53.6 Å². The van der Waals surface area contributed by atoms with Crippen molar-refractivity contribution >= 4 is 29.1 Å². The highest BCUT2D eigenvalue weighted by Gasteiger charge is 2.11. The lowest BCUT2D eigenvalue weighted by Gasteiger charge is -2.14. The third-order valence-corrected chi connectivity index (χ3v) is 4.90. The second kappa shape index (κ2) is 8.76. The molecule has 0 amide bonds. The summed E-state index contributed by atoms with van der Waals surface area (Å²) in [4.78, 5) is 12.0. The van der Waals surface area contributed by atoms with E-state index in [0.29, 0.717) is 18.1 Å². The fourth-order valence-electron chi connectivity index (χ4n) is 2.31. The van der Waals surface area contributed by atoms with E-state index >= 15 is 0 Å². The molecule has 2 aromatic carbocycles. The van der Waals surface area contributed by atoms with Crippen LogP contribution in [0.25, 0.3) is 0 Å². The number of nitriles is 1. The van der Waals surface area contributed by atoms with Crippen LogP contribution in [0.15, 0.2) is 64.5 Å². The monoisotopic (exact) mass is 396 g/mol. The fraction of sp³-hybridized carbons (Fsp3) is 0.150. The van der Waals surface area contributed by atoms with Crippen molar-refractivity contribution in [2.24, 2.45) is 0 Å². The first kappa shape index (κ1) is 19.0. The lowest BCUT2D eigenvalue weighted by atomic mass is 10.2. The van der Waals surface area contributed by atoms with Gasteiger partial charge in [-0.3, -0.25) is 0 Å². The van der Waals surface area contributed by atoms with Gasteiger partial charge in [-0.15, -0.1) is 0 Å². The molecule has 0 spiro atoms. The molecule has 3 aromatic rings. The van der Waals surface area contributed by atoms with E-state index in [1.165, 1.54) is 11.8 Å². The first-order chi connectivity index (χ1) is 13.0. The van der Waals surface area contributed by atoms with Gasteiger partial charge in [-0.25, -0.2) is 4.98 Å². The Kier molecular flexibility index (Phi) is 6.17. The van der Waals surface area contributed by atoms with Gasteiger partial charge in [0.05, 0.1) is 16.5 Å². The Bertz CT molecular complexity index is 970. The largest absolute Gasteiger partial charge is 0.472 e. The summed E-state index contributed by atoms with van der Waals surface area (Å²) in [5.74, 6) is 0.430. The van der Waals surface area contributed by atoms with Crippen molar-refractivity contribution in [1.82, 2.24) is 9.97 Å². The van der Waals surface area contributed by atoms with Crippen LogP contribution in [0.1, 0.15) is 11.1 Å². The van der Waals surface area contributed by atoms with E-state index in [0.717, 1.165) is 21.0 Å². The number of anilines is 1. The molecule has 0 saturated heterocycles. The number of hydrogen-bond acceptors (Lipinski definition) is 6. The predicted octanol–water partition coefficient (Wildman–Crippen LogP) is 4.80. The van der Waals surface area contributed by atoms with Gasteiger partial charge in [-0.2, -0.15) is 10.2 Å². The number of ether oxygens (including phenoxy) is 1. The molecular weight excluding hydrogens is 380 g/mol. The van der Waals surface area contributed by atoms with Crippen LogP contribution < -0.4 is 9.64 Å². The molecule has 1 heterocycles. The molecule has 136 valence electrons. The molecule has 0 N–H and O–H groups in total. The van der Waals surface area contributed by atoms with Gasteiger partial charge in [-0.1, -0.05) is 23.9 Å². The Morgan fingerprint density at radius 1 is 1.19 bits per heavy atom. The van der Waals surface area contributed by atoms with Gasteiger partial charge in [0.1, 0.15) is 6.61 Å². The predicted molar refractivity (Wildman–Crippen MR) is 107 cm³/mol. The molecule has 27 heavy (non-hydrogen) atoms. The number of hydrogen-bond donors (Lipinski definition) is 0. The van der Waals surface area contributed by atoms with E-state index in [1.807, 2.05) is 49.3 Å². The zero-order valence-electron chi connectivity index (χ0n) is 14.9. The van der Waals surface area contributed by atoms with Crippen molar-refractivity contribution in [3.8, 4) is 11.9 Å². The smallest absolute Gasteiger partial charge is 0.232 e. The summed E-state index contributed by atoms with van der Waals surface area (Å²) in [5.41, 5.74) is 2.75. The van der Waals surface area contributed by atoms with Crippen molar-refractivity contribution in [3.63, 3.8) is 0 Å². The first-order valence-corrected chi connectivity index (χ1v) is 9.34. The molecule has 3 rings (SSSR count). The highest BCUT2D eigenvalue weighted by molar-refractivity contribution is 7.99. The summed E-state index contributed by atoms with van der Waals surface area (Å²) < 4.78 is 5.93. The zero-order chi connectivity index (χ0) is 19.2. The molecule has 0 aliphatic heterocycles. The lowest BCUT2D eigenvalue weighted by molar-refractivity contribution is 0.285. The fourth-order valence-corrected chi connectivity index (χ4v) is 3.26. The van der Waals surface area contributed by atoms with Crippen molar-refractivity contribution in [2.45, 2.75) is 16.4 Å². The highest BCUT2D eigenvalue weighted by atomic mass is 35.5. The van der Waals surface area contributed by atoms with Crippen LogP contribution in [-0.4, -0.2) is 24.1 Å². The topological polar surface area (TPSA) is 62.0 Å². The van der Waals surface area contributed by atoms with Crippen LogP contribution in [-0.2, 0) is 6.61 Å². The van der Waals surface area contributed by atoms with Gasteiger partial charge in [0.25, 0.3) is 0 Å². The molecule has 0 atom stereocenters. The van der Waals surface area contributed by atoms with Gasteiger partial charge >= 0.3 is 0 Å². The zero-order valence-corrected chi connectivity index (χ0v) is 16.5. The van der Waals surface area contributed by atoms with Gasteiger partial charge in [0.15, 0.2) is 0 Å². The van der Waals surface area contributed by atoms with Crippen molar-refractivity contribution in [1.29, 1.82) is 5.26 Å². The standard InChI is InChI=1S/C20H17ClN4OS/c1-25(2)16-5-3-4-15(10-16)13-26-19-18(12-23-20(21)24-19)27-17-8-6-14(11-22)7-9-17/h3-10,12H,13H2,1-2H3.